The van der Waals surface area contributed by atoms with E-state index in [9.17, 15) is 22.8 Å². The fraction of sp³-hybridized carbons (Fsp3) is 0.763. The minimum absolute atomic E-state index is 0.167. The number of methoxy groups -OCH3 is 3. The molecule has 0 heterocycles. The predicted molar refractivity (Wildman–Crippen MR) is 249 cm³/mol. The van der Waals surface area contributed by atoms with Crippen LogP contribution < -0.4 is 0 Å². The number of rotatable bonds is 4. The summed E-state index contributed by atoms with van der Waals surface area (Å²) in [7, 11) is 10.4. The molecule has 322 valence electrons. The molecule has 0 bridgehead atoms. The Balaban J connectivity index is -0.0000000341. The van der Waals surface area contributed by atoms with E-state index in [1.165, 1.54) is 47.5 Å². The minimum Gasteiger partial charge on any atom is -0.469 e. The smallest absolute Gasteiger partial charge is 0.302 e. The Morgan fingerprint density at radius 2 is 0.885 bits per heavy atom. The highest BCUT2D eigenvalue weighted by atomic mass is 32.2. The lowest BCUT2D eigenvalue weighted by Gasteiger charge is -2.07. The first-order valence-corrected chi connectivity index (χ1v) is 23.5. The van der Waals surface area contributed by atoms with Crippen LogP contribution in [-0.4, -0.2) is 165 Å². The zero-order valence-corrected chi connectivity index (χ0v) is 41.9. The molecule has 0 aliphatic rings. The molecule has 0 amide bonds. The molecule has 0 saturated carbocycles. The van der Waals surface area contributed by atoms with Crippen LogP contribution in [0, 0.1) is 11.7 Å². The van der Waals surface area contributed by atoms with Crippen LogP contribution in [0.5, 0.6) is 0 Å². The molecule has 0 N–H and O–H groups in total. The van der Waals surface area contributed by atoms with E-state index in [0.29, 0.717) is 0 Å². The highest BCUT2D eigenvalue weighted by Crippen LogP contribution is 2.09. The van der Waals surface area contributed by atoms with E-state index in [1.807, 2.05) is 77.3 Å². The molecule has 0 unspecified atom stereocenters. The van der Waals surface area contributed by atoms with Crippen molar-refractivity contribution in [1.29, 1.82) is 0 Å². The van der Waals surface area contributed by atoms with E-state index in [-0.39, 0.29) is 17.5 Å². The summed E-state index contributed by atoms with van der Waals surface area (Å²) in [6, 6.07) is 0. The van der Waals surface area contributed by atoms with Crippen LogP contribution >= 0.6 is 32.7 Å². The fourth-order valence-electron chi connectivity index (χ4n) is 0.358. The Labute approximate surface area is 336 Å². The normalized spacial score (nSPS) is 7.88. The molecular weight excluding hydrogens is 741 g/mol. The van der Waals surface area contributed by atoms with Gasteiger partial charge in [0, 0.05) is 47.4 Å². The molecule has 0 saturated heterocycles. The van der Waals surface area contributed by atoms with Crippen LogP contribution in [0.3, 0.4) is 0 Å². The van der Waals surface area contributed by atoms with Gasteiger partial charge in [-0.15, -0.1) is 6.42 Å². The average molecular weight is 829 g/mol. The van der Waals surface area contributed by atoms with Gasteiger partial charge in [0.15, 0.2) is 0 Å². The lowest BCUT2D eigenvalue weighted by Crippen LogP contribution is -2.15. The number of hydrogen-bond acceptors (Lipinski definition) is 12. The number of hydrogen-bond donors (Lipinski definition) is 0. The Morgan fingerprint density at radius 1 is 0.731 bits per heavy atom. The van der Waals surface area contributed by atoms with Gasteiger partial charge in [-0.05, 0) is 125 Å². The molecule has 52 heavy (non-hydrogen) atoms. The molecule has 0 aliphatic heterocycles. The average Bonchev–Trinajstić information content (AvgIpc) is 3.05. The number of terminal acetylenes is 1. The molecule has 0 spiro atoms. The molecule has 0 atom stereocenters. The highest BCUT2D eigenvalue weighted by Gasteiger charge is 1.81. The maximum Gasteiger partial charge on any atom is 0.302 e. The molecule has 0 aromatic carbocycles. The predicted octanol–water partition coefficient (Wildman–Crippen LogP) is 7.64. The number of carbonyl (C=O) groups excluding carboxylic acids is 3. The summed E-state index contributed by atoms with van der Waals surface area (Å²) in [4.78, 5) is 32.7. The fourth-order valence-corrected chi connectivity index (χ4v) is 0.627. The van der Waals surface area contributed by atoms with Crippen molar-refractivity contribution >= 4 is 70.1 Å². The van der Waals surface area contributed by atoms with Crippen molar-refractivity contribution in [3.63, 3.8) is 0 Å². The van der Waals surface area contributed by atoms with Crippen LogP contribution in [0.15, 0.2) is 13.2 Å². The second-order valence-corrected chi connectivity index (χ2v) is 16.7. The van der Waals surface area contributed by atoms with E-state index in [2.05, 4.69) is 81.6 Å². The molecule has 10 nitrogen and oxygen atoms in total. The quantitative estimate of drug-likeness (QED) is 0.157. The highest BCUT2D eigenvalue weighted by molar-refractivity contribution is 8.31. The van der Waals surface area contributed by atoms with Crippen LogP contribution in [0.1, 0.15) is 76.2 Å². The Hall–Kier alpha value is -1.49. The van der Waals surface area contributed by atoms with Crippen molar-refractivity contribution in [3.05, 3.63) is 13.2 Å². The Morgan fingerprint density at radius 3 is 0.885 bits per heavy atom. The van der Waals surface area contributed by atoms with E-state index in [1.54, 1.807) is 33.1 Å². The van der Waals surface area contributed by atoms with Crippen LogP contribution in [0.4, 0.5) is 0 Å². The van der Waals surface area contributed by atoms with Crippen molar-refractivity contribution in [2.75, 3.05) is 120 Å². The Kier molecular flexibility index (Phi) is 133. The largest absolute Gasteiger partial charge is 0.469 e. The monoisotopic (exact) mass is 829 g/mol. The summed E-state index contributed by atoms with van der Waals surface area (Å²) in [6.45, 7) is 29.9. The summed E-state index contributed by atoms with van der Waals surface area (Å²) in [5.74, 6) is 1.32. The van der Waals surface area contributed by atoms with Gasteiger partial charge in [0.1, 0.15) is 21.4 Å². The summed E-state index contributed by atoms with van der Waals surface area (Å²) in [5, 5.41) is 7.92. The lowest BCUT2D eigenvalue weighted by atomic mass is 10.6. The van der Waals surface area contributed by atoms with E-state index >= 15 is 0 Å². The first-order valence-electron chi connectivity index (χ1n) is 16.2. The topological polar surface area (TPSA) is 120 Å². The second-order valence-electron chi connectivity index (χ2n) is 9.78. The van der Waals surface area contributed by atoms with Crippen molar-refractivity contribution in [1.82, 2.24) is 9.80 Å². The number of Topliss-reactive ketones (excluding diaryl/α,β-unsaturated/α-hetero) is 2. The molecule has 0 rings (SSSR count). The molecule has 0 aromatic heterocycles. The molecule has 0 radical (unpaired) electrons. The number of ether oxygens (including phenoxy) is 3. The van der Waals surface area contributed by atoms with Gasteiger partial charge in [-0.1, -0.05) is 53.9 Å². The van der Waals surface area contributed by atoms with Gasteiger partial charge in [0.25, 0.3) is 0 Å². The zero-order chi connectivity index (χ0) is 45.4. The van der Waals surface area contributed by atoms with Gasteiger partial charge in [0.05, 0.1) is 7.11 Å². The third-order valence-corrected chi connectivity index (χ3v) is 4.96. The van der Waals surface area contributed by atoms with Crippen molar-refractivity contribution < 1.29 is 37.0 Å². The van der Waals surface area contributed by atoms with Gasteiger partial charge < -0.3 is 33.6 Å². The number of thioether (sulfide) groups is 2. The molecule has 14 heteroatoms. The third kappa shape index (κ3) is 455. The third-order valence-electron chi connectivity index (χ3n) is 2.76. The Bertz CT molecular complexity index is 913. The van der Waals surface area contributed by atoms with Gasteiger partial charge >= 0.3 is 5.97 Å². The summed E-state index contributed by atoms with van der Waals surface area (Å²) in [5.41, 5.74) is 0. The van der Waals surface area contributed by atoms with Crippen LogP contribution in [0.2, 0.25) is 0 Å². The lowest BCUT2D eigenvalue weighted by molar-refractivity contribution is -0.138. The molecule has 0 aliphatic carbocycles. The molecule has 0 fully saturated rings. The molecule has 0 aromatic rings. The van der Waals surface area contributed by atoms with Gasteiger partial charge in [-0.25, -0.2) is 8.42 Å². The second kappa shape index (κ2) is 82.8. The van der Waals surface area contributed by atoms with E-state index < -0.39 is 19.0 Å². The van der Waals surface area contributed by atoms with Crippen molar-refractivity contribution in [2.24, 2.45) is 0 Å². The van der Waals surface area contributed by atoms with Crippen LogP contribution in [0.25, 0.3) is 0 Å². The first kappa shape index (κ1) is 83.5. The number of carbonyl (C=O) groups is 3. The van der Waals surface area contributed by atoms with Crippen molar-refractivity contribution in [2.45, 2.75) is 76.2 Å². The SMILES string of the molecule is C#CS(C)(=C=C)=C=C.CC.CC(C)=O.CC(C)=O.CCN(C)CC.CCOC.CCSC.CN(C)C.COC.COC(C)=O.CS(C)(=O)=O.CSC. The first-order chi connectivity index (χ1) is 23.6. The minimum atomic E-state index is -2.67. The number of sulfone groups is 1. The summed E-state index contributed by atoms with van der Waals surface area (Å²) >= 11 is 3.61. The van der Waals surface area contributed by atoms with Gasteiger partial charge in [-0.2, -0.15) is 23.5 Å². The molecular formula is C38H88N2O8S4. The standard InChI is InChI=1S/C7H8S.C5H13N.C3H9N.C3H6O2.C3H8O.2C3H6O.C3H8S.C2H6O2S.C2H6O.C2H6S.C2H6/c1-5-8(4,6-2)7-3;1-4-6(3)5-2;1-4(2)3;1-3(4)5-2;1-3-4-2;2*1-3(2)4;1-3-4-2;1-5(2,3)4;2*1-3-2;1-2/h1H,2-3H2,4H3;4-5H2,1-3H3;1-3H3;1-2H3;3H2,1-2H3;2*1-2H3;3H2,1-2H3;1-2H3;2*1-2H3;1-2H3. The summed E-state index contributed by atoms with van der Waals surface area (Å²) in [6.07, 6.45) is 15.5. The van der Waals surface area contributed by atoms with E-state index in [0.717, 1.165) is 32.2 Å². The van der Waals surface area contributed by atoms with Crippen molar-refractivity contribution in [3.8, 4) is 11.7 Å². The number of ketones is 2. The maximum atomic E-state index is 9.63. The van der Waals surface area contributed by atoms with E-state index in [4.69, 9.17) is 6.42 Å². The zero-order valence-electron chi connectivity index (χ0n) is 38.6. The summed E-state index contributed by atoms with van der Waals surface area (Å²) < 4.78 is 32.2. The maximum absolute atomic E-state index is 9.63. The number of esters is 1. The van der Waals surface area contributed by atoms with Gasteiger partial charge in [0.2, 0.25) is 0 Å². The number of nitrogens with zero attached hydrogens (tertiary/aromatic N) is 2. The van der Waals surface area contributed by atoms with Gasteiger partial charge in [-0.3, -0.25) is 4.79 Å². The van der Waals surface area contributed by atoms with Crippen LogP contribution in [-0.2, 0) is 38.4 Å².